The average Bonchev–Trinajstić information content (AvgIpc) is 3.50. The van der Waals surface area contributed by atoms with Crippen molar-refractivity contribution in [3.05, 3.63) is 128 Å². The van der Waals surface area contributed by atoms with Crippen LogP contribution in [0.15, 0.2) is 105 Å². The SMILES string of the molecule is CCOC1=C2[C@H](c3ccc(CC)cc3)N(S(=O)(=O)c3ccc(C)cc3)C[C@H]2n2c(=O)n(-c3ccccc3)c(=O)n2C1. The van der Waals surface area contributed by atoms with Gasteiger partial charge in [0.05, 0.1) is 29.3 Å². The van der Waals surface area contributed by atoms with E-state index in [0.29, 0.717) is 23.6 Å². The number of ether oxygens (including phenoxy) is 1. The molecule has 3 aromatic carbocycles. The summed E-state index contributed by atoms with van der Waals surface area (Å²) in [5.41, 5.74) is 2.96. The molecule has 0 N–H and O–H groups in total. The first-order valence-corrected chi connectivity index (χ1v) is 15.2. The highest BCUT2D eigenvalue weighted by Crippen LogP contribution is 2.48. The molecule has 10 heteroatoms. The van der Waals surface area contributed by atoms with Gasteiger partial charge in [-0.05, 0) is 55.7 Å². The van der Waals surface area contributed by atoms with Crippen LogP contribution in [0.3, 0.4) is 0 Å². The summed E-state index contributed by atoms with van der Waals surface area (Å²) in [5, 5.41) is 0. The fourth-order valence-corrected chi connectivity index (χ4v) is 7.49. The number of aromatic nitrogens is 3. The van der Waals surface area contributed by atoms with Crippen LogP contribution in [0.25, 0.3) is 5.69 Å². The zero-order valence-electron chi connectivity index (χ0n) is 23.2. The molecule has 0 aliphatic carbocycles. The van der Waals surface area contributed by atoms with E-state index in [0.717, 1.165) is 27.7 Å². The number of rotatable bonds is 7. The van der Waals surface area contributed by atoms with Gasteiger partial charge >= 0.3 is 11.4 Å². The van der Waals surface area contributed by atoms with Crippen LogP contribution in [-0.2, 0) is 27.7 Å². The Morgan fingerprint density at radius 2 is 1.56 bits per heavy atom. The fraction of sp³-hybridized carbons (Fsp3) is 0.290. The number of para-hydroxylation sites is 1. The summed E-state index contributed by atoms with van der Waals surface area (Å²) in [6.07, 6.45) is 0.848. The van der Waals surface area contributed by atoms with Crippen molar-refractivity contribution in [3.8, 4) is 5.69 Å². The van der Waals surface area contributed by atoms with Crippen molar-refractivity contribution in [1.29, 1.82) is 0 Å². The van der Waals surface area contributed by atoms with Gasteiger partial charge in [0, 0.05) is 12.1 Å². The first-order chi connectivity index (χ1) is 19.8. The predicted molar refractivity (Wildman–Crippen MR) is 156 cm³/mol. The Kier molecular flexibility index (Phi) is 6.83. The van der Waals surface area contributed by atoms with E-state index in [9.17, 15) is 18.0 Å². The molecule has 1 aromatic heterocycles. The normalized spacial score (nSPS) is 18.8. The van der Waals surface area contributed by atoms with Gasteiger partial charge in [-0.3, -0.25) is 0 Å². The molecule has 2 aliphatic rings. The van der Waals surface area contributed by atoms with Crippen molar-refractivity contribution < 1.29 is 13.2 Å². The summed E-state index contributed by atoms with van der Waals surface area (Å²) in [5.74, 6) is 0.510. The Morgan fingerprint density at radius 1 is 0.878 bits per heavy atom. The maximum Gasteiger partial charge on any atom is 0.352 e. The van der Waals surface area contributed by atoms with Gasteiger partial charge in [-0.15, -0.1) is 0 Å². The summed E-state index contributed by atoms with van der Waals surface area (Å²) in [4.78, 5) is 27.7. The lowest BCUT2D eigenvalue weighted by molar-refractivity contribution is 0.183. The van der Waals surface area contributed by atoms with Crippen LogP contribution in [0, 0.1) is 6.92 Å². The molecule has 0 unspecified atom stereocenters. The van der Waals surface area contributed by atoms with Gasteiger partial charge in [0.2, 0.25) is 10.0 Å². The number of hydrogen-bond acceptors (Lipinski definition) is 5. The van der Waals surface area contributed by atoms with Gasteiger partial charge in [-0.1, -0.05) is 67.1 Å². The smallest absolute Gasteiger partial charge is 0.352 e. The number of benzene rings is 3. The second-order valence-corrected chi connectivity index (χ2v) is 12.2. The standard InChI is InChI=1S/C31H32N4O5S/c1-4-22-13-15-23(16-14-22)29-28-26(19-33(29)41(38,39)25-17-11-21(3)12-18-25)35-31(37)34(24-9-7-6-8-10-24)30(36)32(35)20-27(28)40-5-2/h6-18,26,29H,4-5,19-20H2,1-3H3/t26-,29+/m1/s1. The van der Waals surface area contributed by atoms with E-state index < -0.39 is 33.5 Å². The molecule has 2 atom stereocenters. The van der Waals surface area contributed by atoms with E-state index in [1.54, 1.807) is 48.5 Å². The molecular weight excluding hydrogens is 540 g/mol. The summed E-state index contributed by atoms with van der Waals surface area (Å²) in [6, 6.07) is 21.9. The molecule has 0 spiro atoms. The van der Waals surface area contributed by atoms with Crippen LogP contribution in [0.1, 0.15) is 42.6 Å². The molecular formula is C31H32N4O5S. The third-order valence-corrected chi connectivity index (χ3v) is 9.77. The summed E-state index contributed by atoms with van der Waals surface area (Å²) >= 11 is 0. The maximum atomic E-state index is 14.3. The van der Waals surface area contributed by atoms with Gasteiger partial charge in [0.25, 0.3) is 0 Å². The molecule has 2 aliphatic heterocycles. The molecule has 9 nitrogen and oxygen atoms in total. The van der Waals surface area contributed by atoms with Gasteiger partial charge in [0.15, 0.2) is 0 Å². The van der Waals surface area contributed by atoms with E-state index in [1.807, 2.05) is 44.2 Å². The highest BCUT2D eigenvalue weighted by Gasteiger charge is 2.50. The lowest BCUT2D eigenvalue weighted by atomic mass is 9.94. The molecule has 0 amide bonds. The van der Waals surface area contributed by atoms with Crippen LogP contribution in [0.5, 0.6) is 0 Å². The number of hydrogen-bond donors (Lipinski definition) is 0. The molecule has 1 saturated heterocycles. The molecule has 6 rings (SSSR count). The van der Waals surface area contributed by atoms with E-state index >= 15 is 0 Å². The van der Waals surface area contributed by atoms with E-state index in [-0.39, 0.29) is 18.0 Å². The van der Waals surface area contributed by atoms with Crippen LogP contribution in [0.4, 0.5) is 0 Å². The molecule has 1 fully saturated rings. The van der Waals surface area contributed by atoms with E-state index in [2.05, 4.69) is 6.92 Å². The molecule has 3 heterocycles. The van der Waals surface area contributed by atoms with Crippen LogP contribution in [0.2, 0.25) is 0 Å². The lowest BCUT2D eigenvalue weighted by Gasteiger charge is -2.29. The quantitative estimate of drug-likeness (QED) is 0.334. The number of sulfonamides is 1. The number of aryl methyl sites for hydroxylation is 2. The lowest BCUT2D eigenvalue weighted by Crippen LogP contribution is -2.37. The van der Waals surface area contributed by atoms with Crippen LogP contribution in [-0.4, -0.2) is 39.8 Å². The van der Waals surface area contributed by atoms with Crippen molar-refractivity contribution >= 4 is 10.0 Å². The fourth-order valence-electron chi connectivity index (χ4n) is 5.89. The minimum absolute atomic E-state index is 0.0234. The second kappa shape index (κ2) is 10.4. The maximum absolute atomic E-state index is 14.3. The number of fused-ring (bicyclic) bond motifs is 3. The molecule has 41 heavy (non-hydrogen) atoms. The van der Waals surface area contributed by atoms with Crippen LogP contribution < -0.4 is 11.4 Å². The Bertz CT molecular complexity index is 1850. The third-order valence-electron chi connectivity index (χ3n) is 7.93. The first-order valence-electron chi connectivity index (χ1n) is 13.8. The highest BCUT2D eigenvalue weighted by atomic mass is 32.2. The molecule has 212 valence electrons. The Balaban J connectivity index is 1.58. The van der Waals surface area contributed by atoms with E-state index in [1.165, 1.54) is 13.7 Å². The summed E-state index contributed by atoms with van der Waals surface area (Å²) < 4.78 is 40.0. The highest BCUT2D eigenvalue weighted by molar-refractivity contribution is 7.89. The number of nitrogens with zero attached hydrogens (tertiary/aromatic N) is 4. The zero-order valence-corrected chi connectivity index (χ0v) is 24.0. The zero-order chi connectivity index (χ0) is 28.9. The van der Waals surface area contributed by atoms with Crippen molar-refractivity contribution in [2.75, 3.05) is 13.2 Å². The average molecular weight is 573 g/mol. The summed E-state index contributed by atoms with van der Waals surface area (Å²) in [7, 11) is -4.00. The minimum atomic E-state index is -4.00. The molecule has 0 bridgehead atoms. The van der Waals surface area contributed by atoms with Gasteiger partial charge in [-0.2, -0.15) is 4.31 Å². The van der Waals surface area contributed by atoms with E-state index in [4.69, 9.17) is 4.74 Å². The summed E-state index contributed by atoms with van der Waals surface area (Å²) in [6.45, 7) is 6.14. The van der Waals surface area contributed by atoms with Crippen molar-refractivity contribution in [1.82, 2.24) is 18.2 Å². The third kappa shape index (κ3) is 4.38. The first kappa shape index (κ1) is 27.0. The molecule has 4 aromatic rings. The van der Waals surface area contributed by atoms with Gasteiger partial charge in [0.1, 0.15) is 12.3 Å². The predicted octanol–water partition coefficient (Wildman–Crippen LogP) is 3.96. The van der Waals surface area contributed by atoms with Gasteiger partial charge in [-0.25, -0.2) is 31.9 Å². The molecule has 0 radical (unpaired) electrons. The monoisotopic (exact) mass is 572 g/mol. The topological polar surface area (TPSA) is 95.5 Å². The van der Waals surface area contributed by atoms with Crippen molar-refractivity contribution in [2.45, 2.75) is 50.7 Å². The Morgan fingerprint density at radius 3 is 2.20 bits per heavy atom. The largest absolute Gasteiger partial charge is 0.496 e. The molecule has 0 saturated carbocycles. The minimum Gasteiger partial charge on any atom is -0.496 e. The van der Waals surface area contributed by atoms with Gasteiger partial charge < -0.3 is 4.74 Å². The van der Waals surface area contributed by atoms with Crippen LogP contribution >= 0.6 is 0 Å². The second-order valence-electron chi connectivity index (χ2n) is 10.4. The van der Waals surface area contributed by atoms with Crippen molar-refractivity contribution in [3.63, 3.8) is 0 Å². The Labute approximate surface area is 238 Å². The van der Waals surface area contributed by atoms with Crippen molar-refractivity contribution in [2.24, 2.45) is 0 Å². The number of allylic oxidation sites excluding steroid dienone is 1. The Hall–Kier alpha value is -4.15.